The molecule has 0 aromatic rings. The minimum absolute atomic E-state index is 0.518. The number of ether oxygens (including phenoxy) is 11. The zero-order chi connectivity index (χ0) is 32.8. The Hall–Kier alpha value is 0.0269. The topological polar surface area (TPSA) is 111 Å². The van der Waals surface area contributed by atoms with E-state index in [1.54, 1.807) is 0 Å². The van der Waals surface area contributed by atoms with Crippen molar-refractivity contribution < 1.29 is 56.5 Å². The molecule has 0 saturated carbocycles. The lowest BCUT2D eigenvalue weighted by atomic mass is 10.2. The molecule has 0 amide bonds. The number of halogens is 1. The van der Waals surface area contributed by atoms with E-state index >= 15 is 0 Å². The highest BCUT2D eigenvalue weighted by molar-refractivity contribution is 6.69. The molecule has 0 aromatic carbocycles. The molecule has 14 heteroatoms. The molecule has 0 rings (SSSR count). The summed E-state index contributed by atoms with van der Waals surface area (Å²) in [5.41, 5.74) is 0. The third-order valence-electron chi connectivity index (χ3n) is 5.66. The number of rotatable bonds is 40. The second-order valence-corrected chi connectivity index (χ2v) is 15.7. The van der Waals surface area contributed by atoms with Gasteiger partial charge < -0.3 is 56.5 Å². The van der Waals surface area contributed by atoms with Crippen molar-refractivity contribution in [2.45, 2.75) is 45.3 Å². The van der Waals surface area contributed by atoms with Crippen LogP contribution >= 0.6 is 11.6 Å². The first-order valence-corrected chi connectivity index (χ1v) is 20.6. The molecule has 0 heterocycles. The zero-order valence-corrected chi connectivity index (χ0v) is 30.3. The summed E-state index contributed by atoms with van der Waals surface area (Å²) < 4.78 is 66.0. The van der Waals surface area contributed by atoms with Crippen LogP contribution in [0.3, 0.4) is 0 Å². The first-order valence-electron chi connectivity index (χ1n) is 16.6. The number of hydrogen-bond acceptors (Lipinski definition) is 12. The van der Waals surface area contributed by atoms with Crippen molar-refractivity contribution >= 4 is 19.9 Å². The molecular weight excluding hydrogens is 628 g/mol. The first-order chi connectivity index (χ1) is 22.1. The summed E-state index contributed by atoms with van der Waals surface area (Å²) in [6.45, 7) is 19.3. The quantitative estimate of drug-likeness (QED) is 0.0529. The van der Waals surface area contributed by atoms with Gasteiger partial charge in [0.2, 0.25) is 0 Å². The van der Waals surface area contributed by atoms with Crippen LogP contribution in [0.5, 0.6) is 0 Å². The Morgan fingerprint density at radius 2 is 0.511 bits per heavy atom. The molecule has 0 bridgehead atoms. The smallest absolute Gasteiger partial charge is 0.183 e. The van der Waals surface area contributed by atoms with Gasteiger partial charge >= 0.3 is 0 Å². The van der Waals surface area contributed by atoms with Crippen LogP contribution in [0.2, 0.25) is 19.6 Å². The summed E-state index contributed by atoms with van der Waals surface area (Å²) in [4.78, 5) is 0. The Bertz CT molecular complexity index is 549. The van der Waals surface area contributed by atoms with E-state index in [0.29, 0.717) is 145 Å². The molecule has 0 spiro atoms. The summed E-state index contributed by atoms with van der Waals surface area (Å²) in [7, 11) is -1.45. The van der Waals surface area contributed by atoms with Gasteiger partial charge in [-0.15, -0.1) is 11.6 Å². The van der Waals surface area contributed by atoms with Crippen molar-refractivity contribution in [2.75, 3.05) is 158 Å². The van der Waals surface area contributed by atoms with Crippen molar-refractivity contribution in [1.82, 2.24) is 0 Å². The molecule has 0 aliphatic heterocycles. The lowest BCUT2D eigenvalue weighted by Gasteiger charge is -2.16. The third-order valence-corrected chi connectivity index (χ3v) is 6.99. The molecule has 0 saturated heterocycles. The van der Waals surface area contributed by atoms with Crippen LogP contribution in [0.15, 0.2) is 0 Å². The van der Waals surface area contributed by atoms with E-state index in [1.165, 1.54) is 12.8 Å². The van der Waals surface area contributed by atoms with E-state index in [1.807, 2.05) is 0 Å². The van der Waals surface area contributed by atoms with E-state index in [-0.39, 0.29) is 0 Å². The molecular formula is C31H65ClO12Si. The Labute approximate surface area is 279 Å². The minimum Gasteiger partial charge on any atom is -0.415 e. The Kier molecular flexibility index (Phi) is 38.5. The van der Waals surface area contributed by atoms with E-state index in [0.717, 1.165) is 25.3 Å². The first kappa shape index (κ1) is 45.0. The Morgan fingerprint density at radius 3 is 0.756 bits per heavy atom. The van der Waals surface area contributed by atoms with Gasteiger partial charge in [-0.1, -0.05) is 12.8 Å². The van der Waals surface area contributed by atoms with Gasteiger partial charge in [0.1, 0.15) is 0 Å². The van der Waals surface area contributed by atoms with Gasteiger partial charge in [0.15, 0.2) is 8.32 Å². The van der Waals surface area contributed by atoms with E-state index in [9.17, 15) is 0 Å². The van der Waals surface area contributed by atoms with E-state index in [2.05, 4.69) is 19.6 Å². The van der Waals surface area contributed by atoms with E-state index in [4.69, 9.17) is 68.1 Å². The van der Waals surface area contributed by atoms with Crippen LogP contribution in [0.4, 0.5) is 0 Å². The van der Waals surface area contributed by atoms with Gasteiger partial charge in [-0.25, -0.2) is 0 Å². The standard InChI is InChI=1S/C31H65ClO12Si/c1-45(2,3)44-31-30-43-29-28-42-27-26-41-25-24-40-23-22-39-21-20-38-19-18-37-17-16-36-15-14-35-13-12-34-11-10-33-9-7-5-4-6-8-32/h4-31H2,1-3H3. The Balaban J connectivity index is 3.05. The highest BCUT2D eigenvalue weighted by atomic mass is 35.5. The second-order valence-electron chi connectivity index (χ2n) is 10.8. The van der Waals surface area contributed by atoms with Crippen LogP contribution in [0, 0.1) is 0 Å². The second kappa shape index (κ2) is 38.5. The summed E-state index contributed by atoms with van der Waals surface area (Å²) in [6, 6.07) is 0. The molecule has 0 atom stereocenters. The van der Waals surface area contributed by atoms with Gasteiger partial charge in [0.05, 0.1) is 145 Å². The largest absolute Gasteiger partial charge is 0.415 e. The monoisotopic (exact) mass is 692 g/mol. The highest BCUT2D eigenvalue weighted by Crippen LogP contribution is 2.02. The molecule has 272 valence electrons. The summed E-state index contributed by atoms with van der Waals surface area (Å²) in [5.74, 6) is 0.744. The maximum atomic E-state index is 5.72. The molecule has 12 nitrogen and oxygen atoms in total. The van der Waals surface area contributed by atoms with Crippen molar-refractivity contribution in [3.8, 4) is 0 Å². The SMILES string of the molecule is C[Si](C)(C)OCCOCCOCCOCCOCCOCCOCCOCCOCCOCCOCCOCCCCCCCl. The normalized spacial score (nSPS) is 12.0. The fraction of sp³-hybridized carbons (Fsp3) is 1.00. The highest BCUT2D eigenvalue weighted by Gasteiger charge is 2.13. The number of unbranched alkanes of at least 4 members (excludes halogenated alkanes) is 3. The average molecular weight is 693 g/mol. The average Bonchev–Trinajstić information content (AvgIpc) is 3.01. The van der Waals surface area contributed by atoms with Crippen LogP contribution in [0.25, 0.3) is 0 Å². The van der Waals surface area contributed by atoms with Crippen LogP contribution in [-0.4, -0.2) is 166 Å². The fourth-order valence-electron chi connectivity index (χ4n) is 3.36. The molecule has 0 N–H and O–H groups in total. The van der Waals surface area contributed by atoms with Crippen LogP contribution < -0.4 is 0 Å². The molecule has 45 heavy (non-hydrogen) atoms. The minimum atomic E-state index is -1.45. The molecule has 0 fully saturated rings. The van der Waals surface area contributed by atoms with Crippen LogP contribution in [-0.2, 0) is 56.5 Å². The third kappa shape index (κ3) is 44.0. The van der Waals surface area contributed by atoms with Gasteiger partial charge in [0.25, 0.3) is 0 Å². The maximum absolute atomic E-state index is 5.72. The van der Waals surface area contributed by atoms with Gasteiger partial charge in [-0.3, -0.25) is 0 Å². The van der Waals surface area contributed by atoms with Gasteiger partial charge in [0, 0.05) is 12.5 Å². The molecule has 0 aromatic heterocycles. The number of alkyl halides is 1. The molecule has 0 radical (unpaired) electrons. The van der Waals surface area contributed by atoms with Crippen molar-refractivity contribution in [1.29, 1.82) is 0 Å². The summed E-state index contributed by atoms with van der Waals surface area (Å²) in [6.07, 6.45) is 4.50. The molecule has 0 aliphatic carbocycles. The zero-order valence-electron chi connectivity index (χ0n) is 28.6. The summed E-state index contributed by atoms with van der Waals surface area (Å²) >= 11 is 5.65. The predicted octanol–water partition coefficient (Wildman–Crippen LogP) is 3.82. The number of hydrogen-bond donors (Lipinski definition) is 0. The van der Waals surface area contributed by atoms with Crippen molar-refractivity contribution in [3.63, 3.8) is 0 Å². The van der Waals surface area contributed by atoms with Gasteiger partial charge in [-0.2, -0.15) is 0 Å². The van der Waals surface area contributed by atoms with Crippen molar-refractivity contribution in [3.05, 3.63) is 0 Å². The van der Waals surface area contributed by atoms with Crippen molar-refractivity contribution in [2.24, 2.45) is 0 Å². The van der Waals surface area contributed by atoms with Gasteiger partial charge in [-0.05, 0) is 32.5 Å². The molecule has 0 unspecified atom stereocenters. The lowest BCUT2D eigenvalue weighted by Crippen LogP contribution is -2.27. The lowest BCUT2D eigenvalue weighted by molar-refractivity contribution is -0.0277. The fourth-order valence-corrected chi connectivity index (χ4v) is 4.24. The van der Waals surface area contributed by atoms with Crippen LogP contribution in [0.1, 0.15) is 25.7 Å². The predicted molar refractivity (Wildman–Crippen MR) is 177 cm³/mol. The summed E-state index contributed by atoms with van der Waals surface area (Å²) in [5, 5.41) is 0. The van der Waals surface area contributed by atoms with E-state index < -0.39 is 8.32 Å². The maximum Gasteiger partial charge on any atom is 0.183 e. The Morgan fingerprint density at radius 1 is 0.289 bits per heavy atom. The molecule has 0 aliphatic rings.